The summed E-state index contributed by atoms with van der Waals surface area (Å²) >= 11 is 0. The fourth-order valence-corrected chi connectivity index (χ4v) is 1.63. The third-order valence-electron chi connectivity index (χ3n) is 2.86. The first-order valence-corrected chi connectivity index (χ1v) is 6.90. The minimum Gasteiger partial charge on any atom is -0.493 e. The van der Waals surface area contributed by atoms with Crippen LogP contribution in [0.25, 0.3) is 0 Å². The SMILES string of the molecule is Cc1ccc(OCC(C)CO)c(CNC(C)(C)C)c1. The highest BCUT2D eigenvalue weighted by molar-refractivity contribution is 5.37. The summed E-state index contributed by atoms with van der Waals surface area (Å²) in [5.41, 5.74) is 2.48. The van der Waals surface area contributed by atoms with Crippen LogP contribution >= 0.6 is 0 Å². The van der Waals surface area contributed by atoms with Gasteiger partial charge in [0.2, 0.25) is 0 Å². The zero-order valence-corrected chi connectivity index (χ0v) is 12.8. The number of aliphatic hydroxyl groups excluding tert-OH is 1. The van der Waals surface area contributed by atoms with Crippen molar-refractivity contribution in [2.45, 2.75) is 46.7 Å². The first-order valence-electron chi connectivity index (χ1n) is 6.90. The van der Waals surface area contributed by atoms with E-state index in [9.17, 15) is 0 Å². The highest BCUT2D eigenvalue weighted by Gasteiger charge is 2.12. The van der Waals surface area contributed by atoms with Gasteiger partial charge in [0.15, 0.2) is 0 Å². The van der Waals surface area contributed by atoms with Gasteiger partial charge in [-0.05, 0) is 33.8 Å². The van der Waals surface area contributed by atoms with Gasteiger partial charge in [-0.15, -0.1) is 0 Å². The molecule has 0 aromatic heterocycles. The summed E-state index contributed by atoms with van der Waals surface area (Å²) in [6.07, 6.45) is 0. The monoisotopic (exact) mass is 265 g/mol. The van der Waals surface area contributed by atoms with E-state index in [0.717, 1.165) is 12.3 Å². The van der Waals surface area contributed by atoms with Gasteiger partial charge in [0.05, 0.1) is 6.61 Å². The van der Waals surface area contributed by atoms with Crippen LogP contribution in [0.4, 0.5) is 0 Å². The van der Waals surface area contributed by atoms with Crippen LogP contribution < -0.4 is 10.1 Å². The minimum atomic E-state index is 0.0827. The normalized spacial score (nSPS) is 13.4. The van der Waals surface area contributed by atoms with Crippen molar-refractivity contribution >= 4 is 0 Å². The molecule has 19 heavy (non-hydrogen) atoms. The van der Waals surface area contributed by atoms with Crippen LogP contribution in [0.3, 0.4) is 0 Å². The van der Waals surface area contributed by atoms with E-state index < -0.39 is 0 Å². The van der Waals surface area contributed by atoms with E-state index in [1.165, 1.54) is 11.1 Å². The Morgan fingerprint density at radius 2 is 2.00 bits per heavy atom. The van der Waals surface area contributed by atoms with E-state index in [1.54, 1.807) is 0 Å². The van der Waals surface area contributed by atoms with Crippen LogP contribution in [-0.2, 0) is 6.54 Å². The Labute approximate surface area is 117 Å². The molecule has 108 valence electrons. The molecule has 0 aliphatic rings. The van der Waals surface area contributed by atoms with Crippen molar-refractivity contribution in [1.29, 1.82) is 0 Å². The average molecular weight is 265 g/mol. The summed E-state index contributed by atoms with van der Waals surface area (Å²) in [4.78, 5) is 0. The van der Waals surface area contributed by atoms with Crippen LogP contribution in [0.1, 0.15) is 38.8 Å². The number of hydrogen-bond donors (Lipinski definition) is 2. The first-order chi connectivity index (χ1) is 8.81. The Morgan fingerprint density at radius 3 is 2.58 bits per heavy atom. The predicted molar refractivity (Wildman–Crippen MR) is 79.5 cm³/mol. The van der Waals surface area contributed by atoms with Crippen molar-refractivity contribution in [3.63, 3.8) is 0 Å². The van der Waals surface area contributed by atoms with Crippen molar-refractivity contribution in [2.75, 3.05) is 13.2 Å². The van der Waals surface area contributed by atoms with E-state index in [1.807, 2.05) is 13.0 Å². The Kier molecular flexibility index (Phi) is 5.83. The average Bonchev–Trinajstić information content (AvgIpc) is 2.33. The standard InChI is InChI=1S/C16H27NO2/c1-12-6-7-15(19-11-13(2)10-18)14(8-12)9-17-16(3,4)5/h6-8,13,17-18H,9-11H2,1-5H3. The van der Waals surface area contributed by atoms with Gasteiger partial charge in [-0.1, -0.05) is 24.6 Å². The van der Waals surface area contributed by atoms with Gasteiger partial charge in [0.25, 0.3) is 0 Å². The third-order valence-corrected chi connectivity index (χ3v) is 2.86. The van der Waals surface area contributed by atoms with E-state index in [4.69, 9.17) is 9.84 Å². The Hall–Kier alpha value is -1.06. The number of benzene rings is 1. The molecule has 2 N–H and O–H groups in total. The Morgan fingerprint density at radius 1 is 1.32 bits per heavy atom. The molecule has 0 bridgehead atoms. The Bertz CT molecular complexity index is 396. The number of aliphatic hydroxyl groups is 1. The van der Waals surface area contributed by atoms with Crippen LogP contribution in [0, 0.1) is 12.8 Å². The van der Waals surface area contributed by atoms with Crippen LogP contribution in [0.15, 0.2) is 18.2 Å². The minimum absolute atomic E-state index is 0.0827. The lowest BCUT2D eigenvalue weighted by atomic mass is 10.1. The maximum Gasteiger partial charge on any atom is 0.123 e. The van der Waals surface area contributed by atoms with Gasteiger partial charge in [-0.2, -0.15) is 0 Å². The molecule has 0 saturated carbocycles. The Balaban J connectivity index is 2.74. The van der Waals surface area contributed by atoms with Gasteiger partial charge in [-0.25, -0.2) is 0 Å². The summed E-state index contributed by atoms with van der Waals surface area (Å²) in [5, 5.41) is 12.5. The maximum atomic E-state index is 9.04. The predicted octanol–water partition coefficient (Wildman–Crippen LogP) is 2.89. The molecule has 0 aliphatic carbocycles. The fourth-order valence-electron chi connectivity index (χ4n) is 1.63. The second-order valence-corrected chi connectivity index (χ2v) is 6.31. The van der Waals surface area contributed by atoms with Crippen molar-refractivity contribution in [3.05, 3.63) is 29.3 Å². The zero-order valence-electron chi connectivity index (χ0n) is 12.8. The second kappa shape index (κ2) is 6.92. The molecule has 0 amide bonds. The summed E-state index contributed by atoms with van der Waals surface area (Å²) < 4.78 is 5.81. The van der Waals surface area contributed by atoms with Crippen molar-refractivity contribution < 1.29 is 9.84 Å². The van der Waals surface area contributed by atoms with Crippen LogP contribution in [0.2, 0.25) is 0 Å². The molecule has 3 heteroatoms. The molecule has 1 aromatic carbocycles. The van der Waals surface area contributed by atoms with Crippen molar-refractivity contribution in [3.8, 4) is 5.75 Å². The van der Waals surface area contributed by atoms with E-state index >= 15 is 0 Å². The van der Waals surface area contributed by atoms with Crippen LogP contribution in [-0.4, -0.2) is 23.9 Å². The lowest BCUT2D eigenvalue weighted by molar-refractivity contribution is 0.173. The highest BCUT2D eigenvalue weighted by atomic mass is 16.5. The van der Waals surface area contributed by atoms with E-state index in [0.29, 0.717) is 6.61 Å². The molecule has 0 spiro atoms. The smallest absolute Gasteiger partial charge is 0.123 e. The molecule has 0 heterocycles. The van der Waals surface area contributed by atoms with E-state index in [-0.39, 0.29) is 18.1 Å². The number of rotatable bonds is 6. The largest absolute Gasteiger partial charge is 0.493 e. The van der Waals surface area contributed by atoms with Gasteiger partial charge in [-0.3, -0.25) is 0 Å². The number of hydrogen-bond acceptors (Lipinski definition) is 3. The molecule has 1 atom stereocenters. The quantitative estimate of drug-likeness (QED) is 0.831. The lowest BCUT2D eigenvalue weighted by Crippen LogP contribution is -2.35. The molecule has 0 fully saturated rings. The number of nitrogens with one attached hydrogen (secondary N) is 1. The molecule has 0 saturated heterocycles. The molecule has 1 unspecified atom stereocenters. The molecule has 0 aliphatic heterocycles. The number of ether oxygens (including phenoxy) is 1. The molecule has 3 nitrogen and oxygen atoms in total. The second-order valence-electron chi connectivity index (χ2n) is 6.31. The number of aryl methyl sites for hydroxylation is 1. The summed E-state index contributed by atoms with van der Waals surface area (Å²) in [6.45, 7) is 12.0. The molecule has 0 radical (unpaired) electrons. The van der Waals surface area contributed by atoms with Crippen LogP contribution in [0.5, 0.6) is 5.75 Å². The fraction of sp³-hybridized carbons (Fsp3) is 0.625. The summed E-state index contributed by atoms with van der Waals surface area (Å²) in [6, 6.07) is 6.22. The van der Waals surface area contributed by atoms with Crippen molar-refractivity contribution in [1.82, 2.24) is 5.32 Å². The highest BCUT2D eigenvalue weighted by Crippen LogP contribution is 2.21. The molecule has 1 aromatic rings. The summed E-state index contributed by atoms with van der Waals surface area (Å²) in [7, 11) is 0. The molecular weight excluding hydrogens is 238 g/mol. The first kappa shape index (κ1) is 16.0. The molecular formula is C16H27NO2. The van der Waals surface area contributed by atoms with Gasteiger partial charge in [0.1, 0.15) is 5.75 Å². The maximum absolute atomic E-state index is 9.04. The van der Waals surface area contributed by atoms with Gasteiger partial charge < -0.3 is 15.2 Å². The zero-order chi connectivity index (χ0) is 14.5. The van der Waals surface area contributed by atoms with E-state index in [2.05, 4.69) is 45.1 Å². The van der Waals surface area contributed by atoms with Gasteiger partial charge in [0, 0.05) is 30.2 Å². The lowest BCUT2D eigenvalue weighted by Gasteiger charge is -2.22. The topological polar surface area (TPSA) is 41.5 Å². The van der Waals surface area contributed by atoms with Crippen molar-refractivity contribution in [2.24, 2.45) is 5.92 Å². The van der Waals surface area contributed by atoms with Gasteiger partial charge >= 0.3 is 0 Å². The summed E-state index contributed by atoms with van der Waals surface area (Å²) in [5.74, 6) is 1.06. The molecule has 1 rings (SSSR count). The third kappa shape index (κ3) is 6.08.